The molecule has 1 nitrogen and oxygen atoms in total. The van der Waals surface area contributed by atoms with Crippen molar-refractivity contribution in [1.82, 2.24) is 0 Å². The van der Waals surface area contributed by atoms with E-state index in [2.05, 4.69) is 206 Å². The minimum absolute atomic E-state index is 0.895. The van der Waals surface area contributed by atoms with Crippen LogP contribution < -0.4 is 0 Å². The zero-order valence-electron chi connectivity index (χ0n) is 31.0. The lowest BCUT2D eigenvalue weighted by molar-refractivity contribution is 0.669. The van der Waals surface area contributed by atoms with Gasteiger partial charge in [0, 0.05) is 10.8 Å². The monoisotopic (exact) mass is 722 g/mol. The van der Waals surface area contributed by atoms with Gasteiger partial charge in [-0.05, 0) is 135 Å². The van der Waals surface area contributed by atoms with Gasteiger partial charge in [-0.15, -0.1) is 0 Å². The quantitative estimate of drug-likeness (QED) is 0.130. The molecule has 1 aromatic heterocycles. The molecular formula is C56H34O. The van der Waals surface area contributed by atoms with Gasteiger partial charge in [0.15, 0.2) is 0 Å². The summed E-state index contributed by atoms with van der Waals surface area (Å²) in [6.45, 7) is 0. The van der Waals surface area contributed by atoms with Crippen LogP contribution in [-0.2, 0) is 0 Å². The summed E-state index contributed by atoms with van der Waals surface area (Å²) in [4.78, 5) is 0. The van der Waals surface area contributed by atoms with Gasteiger partial charge in [-0.3, -0.25) is 0 Å². The average Bonchev–Trinajstić information content (AvgIpc) is 3.65. The van der Waals surface area contributed by atoms with Crippen LogP contribution in [0.15, 0.2) is 211 Å². The maximum Gasteiger partial charge on any atom is 0.135 e. The Morgan fingerprint density at radius 3 is 1.40 bits per heavy atom. The fourth-order valence-corrected chi connectivity index (χ4v) is 9.42. The number of benzene rings is 11. The molecule has 264 valence electrons. The summed E-state index contributed by atoms with van der Waals surface area (Å²) < 4.78 is 6.47. The fourth-order valence-electron chi connectivity index (χ4n) is 9.42. The van der Waals surface area contributed by atoms with Gasteiger partial charge < -0.3 is 4.42 Å². The Morgan fingerprint density at radius 2 is 0.702 bits per heavy atom. The lowest BCUT2D eigenvalue weighted by Crippen LogP contribution is -1.93. The molecule has 0 N–H and O–H groups in total. The van der Waals surface area contributed by atoms with Crippen LogP contribution in [0.4, 0.5) is 0 Å². The molecule has 0 spiro atoms. The molecule has 1 heteroatoms. The smallest absolute Gasteiger partial charge is 0.135 e. The molecule has 0 fully saturated rings. The topological polar surface area (TPSA) is 13.1 Å². The Labute approximate surface area is 329 Å². The molecule has 0 unspecified atom stereocenters. The van der Waals surface area contributed by atoms with Crippen LogP contribution in [0.5, 0.6) is 0 Å². The Kier molecular flexibility index (Phi) is 7.00. The zero-order valence-corrected chi connectivity index (χ0v) is 31.0. The van der Waals surface area contributed by atoms with Gasteiger partial charge in [-0.1, -0.05) is 170 Å². The van der Waals surface area contributed by atoms with E-state index in [1.807, 2.05) is 0 Å². The molecule has 0 saturated carbocycles. The van der Waals surface area contributed by atoms with Crippen molar-refractivity contribution in [2.45, 2.75) is 0 Å². The van der Waals surface area contributed by atoms with E-state index in [9.17, 15) is 0 Å². The maximum absolute atomic E-state index is 6.47. The maximum atomic E-state index is 6.47. The average molecular weight is 723 g/mol. The summed E-state index contributed by atoms with van der Waals surface area (Å²) in [7, 11) is 0. The first-order valence-electron chi connectivity index (χ1n) is 19.7. The van der Waals surface area contributed by atoms with Crippen molar-refractivity contribution in [2.24, 2.45) is 0 Å². The van der Waals surface area contributed by atoms with Gasteiger partial charge in [-0.25, -0.2) is 0 Å². The van der Waals surface area contributed by atoms with Crippen LogP contribution in [-0.4, -0.2) is 0 Å². The number of hydrogen-bond acceptors (Lipinski definition) is 1. The molecule has 0 radical (unpaired) electrons. The Hall–Kier alpha value is -7.48. The van der Waals surface area contributed by atoms with Gasteiger partial charge in [0.25, 0.3) is 0 Å². The van der Waals surface area contributed by atoms with Crippen molar-refractivity contribution < 1.29 is 4.42 Å². The molecule has 12 aromatic rings. The first-order chi connectivity index (χ1) is 28.3. The van der Waals surface area contributed by atoms with E-state index in [0.717, 1.165) is 21.9 Å². The van der Waals surface area contributed by atoms with E-state index in [0.29, 0.717) is 0 Å². The summed E-state index contributed by atoms with van der Waals surface area (Å²) in [6.07, 6.45) is 0. The molecule has 0 aliphatic rings. The third kappa shape index (κ3) is 4.96. The predicted octanol–water partition coefficient (Wildman–Crippen LogP) is 16.0. The van der Waals surface area contributed by atoms with Gasteiger partial charge in [-0.2, -0.15) is 0 Å². The van der Waals surface area contributed by atoms with Crippen molar-refractivity contribution in [3.8, 4) is 44.5 Å². The zero-order chi connectivity index (χ0) is 37.5. The van der Waals surface area contributed by atoms with Crippen LogP contribution in [0, 0.1) is 0 Å². The summed E-state index contributed by atoms with van der Waals surface area (Å²) in [5.74, 6) is 0. The van der Waals surface area contributed by atoms with Crippen molar-refractivity contribution in [3.05, 3.63) is 206 Å². The van der Waals surface area contributed by atoms with Crippen LogP contribution in [0.1, 0.15) is 0 Å². The largest absolute Gasteiger partial charge is 0.456 e. The van der Waals surface area contributed by atoms with Gasteiger partial charge in [0.05, 0.1) is 0 Å². The predicted molar refractivity (Wildman–Crippen MR) is 243 cm³/mol. The molecule has 0 aliphatic carbocycles. The summed E-state index contributed by atoms with van der Waals surface area (Å²) in [6, 6.07) is 75.4. The van der Waals surface area contributed by atoms with E-state index in [4.69, 9.17) is 4.42 Å². The normalized spacial score (nSPS) is 11.9. The Bertz CT molecular complexity index is 3530. The van der Waals surface area contributed by atoms with Crippen LogP contribution in [0.25, 0.3) is 120 Å². The number of fused-ring (bicyclic) bond motifs is 9. The molecule has 0 atom stereocenters. The SMILES string of the molecule is c1ccc(-c2cc3ccccc3c3ccccc23)c(-c2c3ccccc3c(-c3ccc4oc5ccc(-c6ccc7ccccc7c6)cc5c4c3)c3ccccc23)c1. The molecule has 0 bridgehead atoms. The molecule has 0 saturated heterocycles. The van der Waals surface area contributed by atoms with E-state index in [1.165, 1.54) is 98.4 Å². The van der Waals surface area contributed by atoms with E-state index in [-0.39, 0.29) is 0 Å². The standard InChI is InChI=1S/C56H34O/c1-2-14-36-31-37(26-25-35(36)13-1)38-27-29-53-51(32-38)52-34-40(28-30-54(52)57-53)55-46-21-9-11-23-48(46)56(49-24-12-10-22-47(49)55)45-20-8-7-19-44(45)50-33-39-15-3-4-16-41(39)42-17-5-6-18-43(42)50/h1-34H. The second-order valence-corrected chi connectivity index (χ2v) is 15.2. The number of furan rings is 1. The lowest BCUT2D eigenvalue weighted by atomic mass is 9.83. The molecular weight excluding hydrogens is 689 g/mol. The molecule has 0 aliphatic heterocycles. The van der Waals surface area contributed by atoms with E-state index in [1.54, 1.807) is 0 Å². The van der Waals surface area contributed by atoms with Crippen molar-refractivity contribution in [1.29, 1.82) is 0 Å². The first kappa shape index (κ1) is 31.8. The second kappa shape index (κ2) is 12.5. The second-order valence-electron chi connectivity index (χ2n) is 15.2. The lowest BCUT2D eigenvalue weighted by Gasteiger charge is -2.20. The minimum Gasteiger partial charge on any atom is -0.456 e. The van der Waals surface area contributed by atoms with E-state index < -0.39 is 0 Å². The minimum atomic E-state index is 0.895. The molecule has 12 rings (SSSR count). The van der Waals surface area contributed by atoms with Crippen LogP contribution in [0.2, 0.25) is 0 Å². The summed E-state index contributed by atoms with van der Waals surface area (Å²) in [5, 5.41) is 14.7. The van der Waals surface area contributed by atoms with Gasteiger partial charge in [0.1, 0.15) is 11.2 Å². The third-order valence-corrected chi connectivity index (χ3v) is 12.0. The van der Waals surface area contributed by atoms with E-state index >= 15 is 0 Å². The highest BCUT2D eigenvalue weighted by atomic mass is 16.3. The number of rotatable bonds is 4. The summed E-state index contributed by atoms with van der Waals surface area (Å²) >= 11 is 0. The Balaban J connectivity index is 1.09. The van der Waals surface area contributed by atoms with Crippen LogP contribution in [0.3, 0.4) is 0 Å². The van der Waals surface area contributed by atoms with Crippen molar-refractivity contribution in [3.63, 3.8) is 0 Å². The third-order valence-electron chi connectivity index (χ3n) is 12.0. The van der Waals surface area contributed by atoms with Crippen molar-refractivity contribution >= 4 is 75.8 Å². The Morgan fingerprint density at radius 1 is 0.228 bits per heavy atom. The van der Waals surface area contributed by atoms with Gasteiger partial charge in [0.2, 0.25) is 0 Å². The fraction of sp³-hybridized carbons (Fsp3) is 0. The highest BCUT2D eigenvalue weighted by Crippen LogP contribution is 2.48. The highest BCUT2D eigenvalue weighted by Gasteiger charge is 2.21. The highest BCUT2D eigenvalue weighted by molar-refractivity contribution is 6.24. The molecule has 57 heavy (non-hydrogen) atoms. The molecule has 1 heterocycles. The molecule has 11 aromatic carbocycles. The van der Waals surface area contributed by atoms with Crippen LogP contribution >= 0.6 is 0 Å². The summed E-state index contributed by atoms with van der Waals surface area (Å²) in [5.41, 5.74) is 11.6. The number of hydrogen-bond donors (Lipinski definition) is 0. The first-order valence-corrected chi connectivity index (χ1v) is 19.7. The van der Waals surface area contributed by atoms with Crippen molar-refractivity contribution in [2.75, 3.05) is 0 Å². The molecule has 0 amide bonds. The van der Waals surface area contributed by atoms with Gasteiger partial charge >= 0.3 is 0 Å².